The molecule has 0 saturated heterocycles. The molecule has 0 bridgehead atoms. The number of amides is 1. The number of anilines is 1. The lowest BCUT2D eigenvalue weighted by atomic mass is 10.1. The average molecular weight is 399 g/mol. The molecule has 0 aliphatic carbocycles. The Balaban J connectivity index is 1.87. The predicted octanol–water partition coefficient (Wildman–Crippen LogP) is 3.26. The molecule has 1 aromatic carbocycles. The Morgan fingerprint density at radius 2 is 1.97 bits per heavy atom. The summed E-state index contributed by atoms with van der Waals surface area (Å²) >= 11 is 0. The zero-order valence-corrected chi connectivity index (χ0v) is 16.2. The lowest BCUT2D eigenvalue weighted by Crippen LogP contribution is -2.45. The van der Waals surface area contributed by atoms with Crippen molar-refractivity contribution in [3.8, 4) is 5.75 Å². The van der Waals surface area contributed by atoms with Gasteiger partial charge >= 0.3 is 11.8 Å². The number of fused-ring (bicyclic) bond motifs is 1. The highest BCUT2D eigenvalue weighted by atomic mass is 16.6. The maximum Gasteiger partial charge on any atom is 0.366 e. The second-order valence-electron chi connectivity index (χ2n) is 6.52. The first kappa shape index (κ1) is 20.2. The van der Waals surface area contributed by atoms with Crippen molar-refractivity contribution in [3.05, 3.63) is 57.6 Å². The number of esters is 1. The molecule has 1 aromatic heterocycles. The Morgan fingerprint density at radius 3 is 2.59 bits per heavy atom. The van der Waals surface area contributed by atoms with E-state index < -0.39 is 17.0 Å². The van der Waals surface area contributed by atoms with E-state index in [-0.39, 0.29) is 24.1 Å². The molecular formula is C20H21N3O6. The summed E-state index contributed by atoms with van der Waals surface area (Å²) in [4.78, 5) is 40.6. The van der Waals surface area contributed by atoms with E-state index in [0.29, 0.717) is 24.3 Å². The largest absolute Gasteiger partial charge is 0.474 e. The third kappa shape index (κ3) is 4.34. The second kappa shape index (κ2) is 8.68. The first-order valence-corrected chi connectivity index (χ1v) is 9.34. The van der Waals surface area contributed by atoms with Gasteiger partial charge in [0.1, 0.15) is 0 Å². The highest BCUT2D eigenvalue weighted by Gasteiger charge is 2.38. The topological polar surface area (TPSA) is 112 Å². The zero-order valence-electron chi connectivity index (χ0n) is 16.2. The minimum absolute atomic E-state index is 0.111. The number of benzene rings is 1. The minimum Gasteiger partial charge on any atom is -0.474 e. The Labute approximate surface area is 167 Å². The number of carbonyl (C=O) groups excluding carboxylic acids is 2. The first-order chi connectivity index (χ1) is 13.9. The smallest absolute Gasteiger partial charge is 0.366 e. The van der Waals surface area contributed by atoms with Crippen LogP contribution in [0, 0.1) is 10.1 Å². The van der Waals surface area contributed by atoms with Crippen LogP contribution in [-0.4, -0.2) is 34.5 Å². The van der Waals surface area contributed by atoms with Gasteiger partial charge in [-0.2, -0.15) is 0 Å². The van der Waals surface area contributed by atoms with Crippen LogP contribution < -0.4 is 9.64 Å². The van der Waals surface area contributed by atoms with Gasteiger partial charge in [-0.15, -0.1) is 0 Å². The van der Waals surface area contributed by atoms with E-state index >= 15 is 0 Å². The standard InChI is InChI=1S/C20H21N3O6/c1-3-11-28-20(25)14-7-5-13(6-8-14)12-22-18-16(29-15(4-2)19(22)24)9-10-17(21-18)23(26)27/h5-10,15H,3-4,11-12H2,1-2H3. The van der Waals surface area contributed by atoms with Crippen LogP contribution >= 0.6 is 0 Å². The van der Waals surface area contributed by atoms with E-state index in [4.69, 9.17) is 9.47 Å². The zero-order chi connectivity index (χ0) is 21.0. The predicted molar refractivity (Wildman–Crippen MR) is 104 cm³/mol. The third-order valence-electron chi connectivity index (χ3n) is 4.42. The summed E-state index contributed by atoms with van der Waals surface area (Å²) in [6.07, 6.45) is 0.503. The van der Waals surface area contributed by atoms with Crippen LogP contribution in [0.4, 0.5) is 11.6 Å². The molecule has 0 saturated carbocycles. The van der Waals surface area contributed by atoms with Gasteiger partial charge in [0.15, 0.2) is 11.9 Å². The third-order valence-corrected chi connectivity index (χ3v) is 4.42. The monoisotopic (exact) mass is 399 g/mol. The van der Waals surface area contributed by atoms with Gasteiger partial charge in [-0.3, -0.25) is 9.69 Å². The van der Waals surface area contributed by atoms with Gasteiger partial charge in [-0.25, -0.2) is 4.79 Å². The van der Waals surface area contributed by atoms with E-state index in [9.17, 15) is 19.7 Å². The molecular weight excluding hydrogens is 378 g/mol. The van der Waals surface area contributed by atoms with E-state index in [2.05, 4.69) is 4.98 Å². The summed E-state index contributed by atoms with van der Waals surface area (Å²) in [7, 11) is 0. The fraction of sp³-hybridized carbons (Fsp3) is 0.350. The molecule has 9 heteroatoms. The number of nitro groups is 1. The summed E-state index contributed by atoms with van der Waals surface area (Å²) in [5.74, 6) is -0.662. The normalized spacial score (nSPS) is 15.4. The summed E-state index contributed by atoms with van der Waals surface area (Å²) < 4.78 is 10.7. The molecule has 1 unspecified atom stereocenters. The van der Waals surface area contributed by atoms with Crippen molar-refractivity contribution in [3.63, 3.8) is 0 Å². The van der Waals surface area contributed by atoms with Gasteiger partial charge < -0.3 is 19.6 Å². The van der Waals surface area contributed by atoms with E-state index in [1.165, 1.54) is 17.0 Å². The van der Waals surface area contributed by atoms with Crippen molar-refractivity contribution in [1.82, 2.24) is 4.98 Å². The summed E-state index contributed by atoms with van der Waals surface area (Å²) in [6.45, 7) is 4.23. The fourth-order valence-corrected chi connectivity index (χ4v) is 2.91. The number of aromatic nitrogens is 1. The van der Waals surface area contributed by atoms with Crippen molar-refractivity contribution in [2.45, 2.75) is 39.3 Å². The molecule has 3 rings (SSSR count). The minimum atomic E-state index is -0.686. The van der Waals surface area contributed by atoms with Crippen molar-refractivity contribution < 1.29 is 24.0 Å². The Bertz CT molecular complexity index is 928. The number of carbonyl (C=O) groups is 2. The average Bonchev–Trinajstić information content (AvgIpc) is 2.73. The molecule has 152 valence electrons. The van der Waals surface area contributed by atoms with Gasteiger partial charge in [-0.05, 0) is 46.5 Å². The molecule has 9 nitrogen and oxygen atoms in total. The highest BCUT2D eigenvalue weighted by Crippen LogP contribution is 2.35. The molecule has 1 amide bonds. The SMILES string of the molecule is CCCOC(=O)c1ccc(CN2C(=O)C(CC)Oc3ccc([N+](=O)[O-])nc32)cc1. The van der Waals surface area contributed by atoms with Crippen molar-refractivity contribution >= 4 is 23.5 Å². The van der Waals surface area contributed by atoms with Crippen molar-refractivity contribution in [1.29, 1.82) is 0 Å². The van der Waals surface area contributed by atoms with Crippen LogP contribution in [0.1, 0.15) is 42.6 Å². The van der Waals surface area contributed by atoms with E-state index in [1.807, 2.05) is 13.8 Å². The molecule has 2 aromatic rings. The number of hydrogen-bond donors (Lipinski definition) is 0. The molecule has 1 aliphatic heterocycles. The number of ether oxygens (including phenoxy) is 2. The van der Waals surface area contributed by atoms with Crippen LogP contribution in [0.2, 0.25) is 0 Å². The number of hydrogen-bond acceptors (Lipinski definition) is 7. The van der Waals surface area contributed by atoms with Crippen molar-refractivity contribution in [2.75, 3.05) is 11.5 Å². The van der Waals surface area contributed by atoms with Crippen LogP contribution in [0.3, 0.4) is 0 Å². The maximum atomic E-state index is 12.8. The van der Waals surface area contributed by atoms with Crippen LogP contribution in [0.15, 0.2) is 36.4 Å². The van der Waals surface area contributed by atoms with Gasteiger partial charge in [0.05, 0.1) is 18.7 Å². The number of nitrogens with zero attached hydrogens (tertiary/aromatic N) is 3. The van der Waals surface area contributed by atoms with Gasteiger partial charge in [-0.1, -0.05) is 26.0 Å². The van der Waals surface area contributed by atoms with Gasteiger partial charge in [0.2, 0.25) is 0 Å². The second-order valence-corrected chi connectivity index (χ2v) is 6.52. The van der Waals surface area contributed by atoms with Crippen molar-refractivity contribution in [2.24, 2.45) is 0 Å². The summed E-state index contributed by atoms with van der Waals surface area (Å²) in [6, 6.07) is 9.37. The molecule has 0 spiro atoms. The molecule has 1 atom stereocenters. The molecule has 29 heavy (non-hydrogen) atoms. The Kier molecular flexibility index (Phi) is 6.06. The number of rotatable bonds is 7. The Hall–Kier alpha value is -3.49. The maximum absolute atomic E-state index is 12.8. The van der Waals surface area contributed by atoms with E-state index in [1.54, 1.807) is 24.3 Å². The molecule has 2 heterocycles. The van der Waals surface area contributed by atoms with Crippen LogP contribution in [0.5, 0.6) is 5.75 Å². The van der Waals surface area contributed by atoms with E-state index in [0.717, 1.165) is 12.0 Å². The molecule has 1 aliphatic rings. The summed E-state index contributed by atoms with van der Waals surface area (Å²) in [5, 5.41) is 11.1. The number of pyridine rings is 1. The quantitative estimate of drug-likeness (QED) is 0.399. The lowest BCUT2D eigenvalue weighted by molar-refractivity contribution is -0.389. The lowest BCUT2D eigenvalue weighted by Gasteiger charge is -2.30. The molecule has 0 N–H and O–H groups in total. The van der Waals surface area contributed by atoms with Crippen LogP contribution in [0.25, 0.3) is 0 Å². The fourth-order valence-electron chi connectivity index (χ4n) is 2.91. The highest BCUT2D eigenvalue weighted by molar-refractivity contribution is 5.99. The molecule has 0 radical (unpaired) electrons. The first-order valence-electron chi connectivity index (χ1n) is 9.34. The molecule has 0 fully saturated rings. The van der Waals surface area contributed by atoms with Gasteiger partial charge in [0, 0.05) is 6.07 Å². The Morgan fingerprint density at radius 1 is 1.24 bits per heavy atom. The summed E-state index contributed by atoms with van der Waals surface area (Å²) in [5.41, 5.74) is 1.15. The van der Waals surface area contributed by atoms with Crippen LogP contribution in [-0.2, 0) is 16.1 Å². The van der Waals surface area contributed by atoms with Gasteiger partial charge in [0.25, 0.3) is 11.7 Å².